The zero-order valence-corrected chi connectivity index (χ0v) is 66.0. The van der Waals surface area contributed by atoms with Gasteiger partial charge in [0.15, 0.2) is 6.10 Å². The molecule has 0 heterocycles. The van der Waals surface area contributed by atoms with Gasteiger partial charge in [-0.25, -0.2) is 4.79 Å². The number of carboxylic acids is 1. The molecule has 9 heteroatoms. The van der Waals surface area contributed by atoms with Crippen molar-refractivity contribution < 1.29 is 42.9 Å². The molecule has 2 unspecified atom stereocenters. The van der Waals surface area contributed by atoms with E-state index >= 15 is 0 Å². The Kier molecular flexibility index (Phi) is 76.5. The Morgan fingerprint density at radius 3 is 0.792 bits per heavy atom. The number of hydrogen-bond acceptors (Lipinski definition) is 7. The molecular formula is C92H156NO8+. The van der Waals surface area contributed by atoms with Gasteiger partial charge in [-0.1, -0.05) is 371 Å². The number of nitrogens with zero attached hydrogens (tertiary/aromatic N) is 1. The Bertz CT molecular complexity index is 2230. The van der Waals surface area contributed by atoms with Crippen LogP contribution in [0.25, 0.3) is 0 Å². The lowest BCUT2D eigenvalue weighted by molar-refractivity contribution is -0.870. The van der Waals surface area contributed by atoms with Crippen LogP contribution >= 0.6 is 0 Å². The number of quaternary nitrogens is 1. The van der Waals surface area contributed by atoms with Crippen molar-refractivity contribution in [2.45, 2.75) is 360 Å². The summed E-state index contributed by atoms with van der Waals surface area (Å²) in [7, 11) is 5.99. The van der Waals surface area contributed by atoms with E-state index < -0.39 is 24.3 Å². The van der Waals surface area contributed by atoms with Gasteiger partial charge in [0.25, 0.3) is 6.29 Å². The highest BCUT2D eigenvalue weighted by atomic mass is 16.7. The van der Waals surface area contributed by atoms with E-state index in [1.54, 1.807) is 0 Å². The predicted molar refractivity (Wildman–Crippen MR) is 437 cm³/mol. The summed E-state index contributed by atoms with van der Waals surface area (Å²) in [5, 5.41) is 9.79. The molecule has 0 radical (unpaired) electrons. The molecule has 0 aromatic carbocycles. The number of carbonyl (C=O) groups is 3. The van der Waals surface area contributed by atoms with Crippen LogP contribution in [0.3, 0.4) is 0 Å². The molecule has 0 rings (SSSR count). The average Bonchev–Trinajstić information content (AvgIpc) is 1.21. The van der Waals surface area contributed by atoms with E-state index in [1.807, 2.05) is 21.1 Å². The van der Waals surface area contributed by atoms with Crippen molar-refractivity contribution in [3.05, 3.63) is 158 Å². The first-order valence-electron chi connectivity index (χ1n) is 41.6. The third kappa shape index (κ3) is 82.1. The number of ether oxygens (including phenoxy) is 4. The number of rotatable bonds is 76. The van der Waals surface area contributed by atoms with Crippen molar-refractivity contribution >= 4 is 17.9 Å². The fraction of sp³-hybridized carbons (Fsp3) is 0.685. The third-order valence-corrected chi connectivity index (χ3v) is 17.8. The third-order valence-electron chi connectivity index (χ3n) is 17.8. The smallest absolute Gasteiger partial charge is 0.361 e. The monoisotopic (exact) mass is 1400 g/mol. The van der Waals surface area contributed by atoms with Gasteiger partial charge in [-0.15, -0.1) is 0 Å². The molecule has 0 saturated carbocycles. The Hall–Kier alpha value is -5.09. The molecule has 0 bridgehead atoms. The lowest BCUT2D eigenvalue weighted by atomic mass is 10.0. The maximum Gasteiger partial charge on any atom is 0.361 e. The molecule has 576 valence electrons. The average molecular weight is 1400 g/mol. The molecule has 0 spiro atoms. The molecule has 0 aliphatic heterocycles. The van der Waals surface area contributed by atoms with Crippen LogP contribution < -0.4 is 0 Å². The van der Waals surface area contributed by atoms with Crippen LogP contribution in [-0.4, -0.2) is 87.4 Å². The predicted octanol–water partition coefficient (Wildman–Crippen LogP) is 27.1. The number of esters is 2. The summed E-state index contributed by atoms with van der Waals surface area (Å²) in [5.74, 6) is -1.99. The Labute approximate surface area is 623 Å². The molecule has 0 aromatic heterocycles. The van der Waals surface area contributed by atoms with E-state index in [2.05, 4.69) is 172 Å². The van der Waals surface area contributed by atoms with Crippen LogP contribution in [0.1, 0.15) is 348 Å². The van der Waals surface area contributed by atoms with Gasteiger partial charge >= 0.3 is 17.9 Å². The largest absolute Gasteiger partial charge is 0.477 e. The lowest BCUT2D eigenvalue weighted by Crippen LogP contribution is -2.40. The summed E-state index contributed by atoms with van der Waals surface area (Å²) >= 11 is 0. The van der Waals surface area contributed by atoms with Crippen molar-refractivity contribution in [1.82, 2.24) is 0 Å². The van der Waals surface area contributed by atoms with Gasteiger partial charge in [-0.3, -0.25) is 9.59 Å². The Balaban J connectivity index is 4.02. The number of hydrogen-bond donors (Lipinski definition) is 1. The Morgan fingerprint density at radius 1 is 0.297 bits per heavy atom. The van der Waals surface area contributed by atoms with Gasteiger partial charge in [0.2, 0.25) is 0 Å². The molecule has 1 N–H and O–H groups in total. The highest BCUT2D eigenvalue weighted by molar-refractivity contribution is 5.71. The highest BCUT2D eigenvalue weighted by Crippen LogP contribution is 2.19. The highest BCUT2D eigenvalue weighted by Gasteiger charge is 2.25. The molecule has 0 saturated heterocycles. The number of likely N-dealkylation sites (N-methyl/N-ethyl adjacent to an activating group) is 1. The molecule has 0 aliphatic rings. The Morgan fingerprint density at radius 2 is 0.535 bits per heavy atom. The van der Waals surface area contributed by atoms with Gasteiger partial charge in [-0.05, 0) is 122 Å². The van der Waals surface area contributed by atoms with Gasteiger partial charge in [0.1, 0.15) is 13.2 Å². The summed E-state index contributed by atoms with van der Waals surface area (Å²) < 4.78 is 23.1. The van der Waals surface area contributed by atoms with E-state index in [0.29, 0.717) is 17.4 Å². The minimum Gasteiger partial charge on any atom is -0.477 e. The first kappa shape index (κ1) is 95.9. The van der Waals surface area contributed by atoms with E-state index in [9.17, 15) is 19.5 Å². The number of allylic oxidation sites excluding steroid dienone is 26. The molecule has 0 aliphatic carbocycles. The number of carbonyl (C=O) groups excluding carboxylic acids is 2. The molecule has 0 aromatic rings. The van der Waals surface area contributed by atoms with E-state index in [1.165, 1.54) is 199 Å². The number of unbranched alkanes of at least 4 members (excludes halogenated alkanes) is 35. The van der Waals surface area contributed by atoms with Crippen molar-refractivity contribution in [3.8, 4) is 0 Å². The standard InChI is InChI=1S/C92H155NO8/c1-6-8-10-12-14-16-18-20-22-24-26-28-30-32-34-36-38-40-42-43-44-45-46-47-49-51-53-55-57-59-61-63-65-67-69-71-73-75-77-79-81-83-90(95)101-88(87-100-92(91(96)97)98-85-84-93(3,4)5)86-99-89(94)82-80-78-76-74-72-70-68-66-64-62-60-58-56-54-52-50-48-41-39-37-35-33-31-29-27-25-23-21-19-17-15-13-11-9-7-2/h8-11,14-17,20-23,26-29,32-35,38,40,43-44,46-47,88,92H,6-7,12-13,18-19,24-25,30-31,36-37,39,41-42,45,48-87H2,1-5H3/p+1/b10-8-,11-9-,16-14-,17-15-,22-20-,23-21-,28-26-,29-27-,34-32-,35-33-,40-38-,44-43-,47-46-. The van der Waals surface area contributed by atoms with Crippen LogP contribution in [0.15, 0.2) is 158 Å². The second-order valence-electron chi connectivity index (χ2n) is 28.7. The van der Waals surface area contributed by atoms with Gasteiger partial charge < -0.3 is 28.5 Å². The summed E-state index contributed by atoms with van der Waals surface area (Å²) in [6.45, 7) is 4.68. The van der Waals surface area contributed by atoms with E-state index in [0.717, 1.165) is 122 Å². The van der Waals surface area contributed by atoms with Crippen LogP contribution in [0.5, 0.6) is 0 Å². The quantitative estimate of drug-likeness (QED) is 0.0211. The zero-order valence-electron chi connectivity index (χ0n) is 66.0. The maximum atomic E-state index is 13.0. The van der Waals surface area contributed by atoms with Gasteiger partial charge in [0, 0.05) is 12.8 Å². The number of aliphatic carboxylic acids is 1. The van der Waals surface area contributed by atoms with Crippen molar-refractivity contribution in [2.24, 2.45) is 0 Å². The van der Waals surface area contributed by atoms with E-state index in [-0.39, 0.29) is 32.2 Å². The fourth-order valence-corrected chi connectivity index (χ4v) is 11.5. The normalized spacial score (nSPS) is 13.5. The first-order chi connectivity index (χ1) is 49.6. The fourth-order valence-electron chi connectivity index (χ4n) is 11.5. The van der Waals surface area contributed by atoms with Crippen molar-refractivity contribution in [3.63, 3.8) is 0 Å². The van der Waals surface area contributed by atoms with Crippen LogP contribution in [0, 0.1) is 0 Å². The van der Waals surface area contributed by atoms with E-state index in [4.69, 9.17) is 18.9 Å². The molecule has 101 heavy (non-hydrogen) atoms. The first-order valence-corrected chi connectivity index (χ1v) is 41.6. The maximum absolute atomic E-state index is 13.0. The lowest BCUT2D eigenvalue weighted by Gasteiger charge is -2.25. The molecule has 0 amide bonds. The zero-order chi connectivity index (χ0) is 73.2. The summed E-state index contributed by atoms with van der Waals surface area (Å²) in [6, 6.07) is 0. The molecule has 2 atom stereocenters. The summed E-state index contributed by atoms with van der Waals surface area (Å²) in [4.78, 5) is 37.8. The molecule has 0 fully saturated rings. The van der Waals surface area contributed by atoms with Crippen LogP contribution in [0.4, 0.5) is 0 Å². The second-order valence-corrected chi connectivity index (χ2v) is 28.7. The topological polar surface area (TPSA) is 108 Å². The summed E-state index contributed by atoms with van der Waals surface area (Å²) in [6.07, 6.45) is 117. The SMILES string of the molecule is CC/C=C\C/C=C\C/C=C\C/C=C\C/C=C\C/C=C\C/C=C\C/C=C\CCCCCCCCCCCCCCCCCCC(=O)OC(COC(=O)CCCCCCCCCCCCCCCCCCCCC/C=C\C/C=C\C/C=C\C/C=C\C/C=C\CC)COC(OCC[N+](C)(C)C)C(=O)O. The van der Waals surface area contributed by atoms with Crippen molar-refractivity contribution in [1.29, 1.82) is 0 Å². The minimum atomic E-state index is -1.52. The molecular weight excluding hydrogens is 1250 g/mol. The van der Waals surface area contributed by atoms with Crippen LogP contribution in [0.2, 0.25) is 0 Å². The van der Waals surface area contributed by atoms with Gasteiger partial charge in [0.05, 0.1) is 34.4 Å². The summed E-state index contributed by atoms with van der Waals surface area (Å²) in [5.41, 5.74) is 0. The number of carboxylic acid groups (broad SMARTS) is 1. The van der Waals surface area contributed by atoms with Gasteiger partial charge in [-0.2, -0.15) is 0 Å². The van der Waals surface area contributed by atoms with Crippen molar-refractivity contribution in [2.75, 3.05) is 47.5 Å². The molecule has 9 nitrogen and oxygen atoms in total. The second kappa shape index (κ2) is 80.6. The minimum absolute atomic E-state index is 0.184. The van der Waals surface area contributed by atoms with Crippen LogP contribution in [-0.2, 0) is 33.3 Å².